The highest BCUT2D eigenvalue weighted by Crippen LogP contribution is 2.28. The van der Waals surface area contributed by atoms with Gasteiger partial charge in [0.1, 0.15) is 12.4 Å². The summed E-state index contributed by atoms with van der Waals surface area (Å²) in [5.41, 5.74) is 0.320. The van der Waals surface area contributed by atoms with Crippen molar-refractivity contribution in [2.45, 2.75) is 6.61 Å². The predicted octanol–water partition coefficient (Wildman–Crippen LogP) is 2.75. The van der Waals surface area contributed by atoms with Crippen LogP contribution in [0.3, 0.4) is 0 Å². The van der Waals surface area contributed by atoms with Crippen molar-refractivity contribution in [3.05, 3.63) is 34.6 Å². The second-order valence-electron chi connectivity index (χ2n) is 4.48. The van der Waals surface area contributed by atoms with Gasteiger partial charge in [-0.15, -0.1) is 4.37 Å². The zero-order chi connectivity index (χ0) is 14.7. The minimum absolute atomic E-state index is 0.0221. The summed E-state index contributed by atoms with van der Waals surface area (Å²) in [7, 11) is 0. The molecule has 0 radical (unpaired) electrons. The molecule has 0 amide bonds. The minimum atomic E-state index is -0.390. The van der Waals surface area contributed by atoms with Crippen LogP contribution in [-0.2, 0) is 11.3 Å². The summed E-state index contributed by atoms with van der Waals surface area (Å²) < 4.78 is 33.0. The van der Waals surface area contributed by atoms with Crippen LogP contribution in [0, 0.1) is 5.82 Å². The van der Waals surface area contributed by atoms with E-state index in [1.165, 1.54) is 6.07 Å². The molecule has 5 nitrogen and oxygen atoms in total. The molecule has 1 aromatic carbocycles. The Hall–Kier alpha value is -1.44. The molecule has 0 bridgehead atoms. The molecule has 0 aliphatic carbocycles. The molecule has 0 N–H and O–H groups in total. The number of ether oxygens (including phenoxy) is 2. The summed E-state index contributed by atoms with van der Waals surface area (Å²) in [6.45, 7) is 2.80. The van der Waals surface area contributed by atoms with Gasteiger partial charge in [0, 0.05) is 18.7 Å². The van der Waals surface area contributed by atoms with Crippen molar-refractivity contribution >= 4 is 29.1 Å². The molecule has 21 heavy (non-hydrogen) atoms. The number of hydrogen-bond donors (Lipinski definition) is 0. The lowest BCUT2D eigenvalue weighted by Crippen LogP contribution is -2.36. The highest BCUT2D eigenvalue weighted by Gasteiger charge is 2.20. The lowest BCUT2D eigenvalue weighted by atomic mass is 10.2. The maximum atomic E-state index is 13.7. The van der Waals surface area contributed by atoms with Gasteiger partial charge in [0.15, 0.2) is 0 Å². The Morgan fingerprint density at radius 3 is 2.90 bits per heavy atom. The van der Waals surface area contributed by atoms with Gasteiger partial charge >= 0.3 is 0 Å². The van der Waals surface area contributed by atoms with Crippen LogP contribution in [0.2, 0.25) is 5.02 Å². The average molecular weight is 330 g/mol. The number of morpholine rings is 1. The van der Waals surface area contributed by atoms with E-state index in [2.05, 4.69) is 8.75 Å². The van der Waals surface area contributed by atoms with Gasteiger partial charge in [0.05, 0.1) is 30.0 Å². The molecule has 1 aliphatic heterocycles. The zero-order valence-corrected chi connectivity index (χ0v) is 12.7. The third kappa shape index (κ3) is 3.25. The molecule has 1 aliphatic rings. The summed E-state index contributed by atoms with van der Waals surface area (Å²) in [4.78, 5) is 2.05. The van der Waals surface area contributed by atoms with Crippen LogP contribution in [0.25, 0.3) is 0 Å². The van der Waals surface area contributed by atoms with Crippen LogP contribution in [-0.4, -0.2) is 35.1 Å². The van der Waals surface area contributed by atoms with E-state index < -0.39 is 5.82 Å². The van der Waals surface area contributed by atoms with Gasteiger partial charge in [-0.2, -0.15) is 4.37 Å². The Balaban J connectivity index is 1.72. The van der Waals surface area contributed by atoms with Gasteiger partial charge in [-0.1, -0.05) is 17.7 Å². The van der Waals surface area contributed by atoms with Gasteiger partial charge < -0.3 is 14.4 Å². The number of aromatic nitrogens is 2. The molecule has 2 heterocycles. The van der Waals surface area contributed by atoms with E-state index in [1.54, 1.807) is 12.1 Å². The van der Waals surface area contributed by atoms with Gasteiger partial charge in [-0.05, 0) is 12.1 Å². The highest BCUT2D eigenvalue weighted by atomic mass is 35.5. The van der Waals surface area contributed by atoms with E-state index in [-0.39, 0.29) is 6.61 Å². The lowest BCUT2D eigenvalue weighted by Gasteiger charge is -2.26. The van der Waals surface area contributed by atoms with E-state index in [1.807, 2.05) is 4.90 Å². The van der Waals surface area contributed by atoms with Crippen LogP contribution in [0.1, 0.15) is 5.56 Å². The summed E-state index contributed by atoms with van der Waals surface area (Å²) >= 11 is 7.05. The van der Waals surface area contributed by atoms with Crippen molar-refractivity contribution in [1.29, 1.82) is 0 Å². The van der Waals surface area contributed by atoms with Crippen LogP contribution >= 0.6 is 23.3 Å². The smallest absolute Gasteiger partial charge is 0.271 e. The summed E-state index contributed by atoms with van der Waals surface area (Å²) in [5.74, 6) is 0.690. The fourth-order valence-electron chi connectivity index (χ4n) is 2.05. The van der Waals surface area contributed by atoms with Gasteiger partial charge in [0.2, 0.25) is 5.82 Å². The van der Waals surface area contributed by atoms with Gasteiger partial charge in [-0.3, -0.25) is 0 Å². The molecule has 1 fully saturated rings. The van der Waals surface area contributed by atoms with Gasteiger partial charge in [-0.25, -0.2) is 4.39 Å². The topological polar surface area (TPSA) is 47.5 Å². The van der Waals surface area contributed by atoms with E-state index in [0.29, 0.717) is 35.5 Å². The van der Waals surface area contributed by atoms with Crippen LogP contribution in [0.15, 0.2) is 18.2 Å². The fraction of sp³-hybridized carbons (Fsp3) is 0.385. The lowest BCUT2D eigenvalue weighted by molar-refractivity contribution is 0.122. The summed E-state index contributed by atoms with van der Waals surface area (Å²) in [5, 5.41) is 0.339. The Bertz CT molecular complexity index is 599. The number of nitrogens with zero attached hydrogens (tertiary/aromatic N) is 3. The minimum Gasteiger partial charge on any atom is -0.469 e. The van der Waals surface area contributed by atoms with Crippen LogP contribution in [0.5, 0.6) is 5.88 Å². The second-order valence-corrected chi connectivity index (χ2v) is 5.42. The van der Waals surface area contributed by atoms with Crippen LogP contribution in [0.4, 0.5) is 10.2 Å². The molecule has 0 unspecified atom stereocenters. The first-order valence-electron chi connectivity index (χ1n) is 6.46. The molecule has 1 aromatic heterocycles. The van der Waals surface area contributed by atoms with Gasteiger partial charge in [0.25, 0.3) is 5.88 Å². The molecular weight excluding hydrogens is 317 g/mol. The molecule has 0 saturated carbocycles. The Morgan fingerprint density at radius 2 is 2.14 bits per heavy atom. The van der Waals surface area contributed by atoms with E-state index >= 15 is 0 Å². The maximum absolute atomic E-state index is 13.7. The molecule has 0 spiro atoms. The number of halogens is 2. The van der Waals surface area contributed by atoms with E-state index in [4.69, 9.17) is 21.1 Å². The SMILES string of the molecule is Fc1cccc(Cl)c1COc1nsnc1N1CCOCC1. The first kappa shape index (κ1) is 14.5. The Morgan fingerprint density at radius 1 is 1.33 bits per heavy atom. The third-order valence-corrected chi connectivity index (χ3v) is 4.02. The van der Waals surface area contributed by atoms with Crippen molar-refractivity contribution in [3.8, 4) is 5.88 Å². The Labute approximate surface area is 130 Å². The van der Waals surface area contributed by atoms with Crippen molar-refractivity contribution in [3.63, 3.8) is 0 Å². The Kier molecular flexibility index (Phi) is 4.52. The zero-order valence-electron chi connectivity index (χ0n) is 11.1. The molecule has 0 atom stereocenters. The monoisotopic (exact) mass is 329 g/mol. The second kappa shape index (κ2) is 6.55. The number of hydrogen-bond acceptors (Lipinski definition) is 6. The molecule has 112 valence electrons. The fourth-order valence-corrected chi connectivity index (χ4v) is 2.78. The number of anilines is 1. The first-order chi connectivity index (χ1) is 10.3. The van der Waals surface area contributed by atoms with Crippen LogP contribution < -0.4 is 9.64 Å². The summed E-state index contributed by atoms with van der Waals surface area (Å²) in [6, 6.07) is 4.54. The summed E-state index contributed by atoms with van der Waals surface area (Å²) in [6.07, 6.45) is 0. The molecular formula is C13H13ClFN3O2S. The molecule has 2 aromatic rings. The predicted molar refractivity (Wildman–Crippen MR) is 78.7 cm³/mol. The third-order valence-electron chi connectivity index (χ3n) is 3.17. The largest absolute Gasteiger partial charge is 0.469 e. The van der Waals surface area contributed by atoms with Crippen molar-refractivity contribution in [2.75, 3.05) is 31.2 Å². The standard InChI is InChI=1S/C13H13ClFN3O2S/c14-10-2-1-3-11(15)9(10)8-20-13-12(16-21-17-13)18-4-6-19-7-5-18/h1-3H,4-8H2. The number of benzene rings is 1. The quantitative estimate of drug-likeness (QED) is 0.863. The molecule has 8 heteroatoms. The van der Waals surface area contributed by atoms with Crippen molar-refractivity contribution in [2.24, 2.45) is 0 Å². The van der Waals surface area contributed by atoms with E-state index in [0.717, 1.165) is 24.8 Å². The maximum Gasteiger partial charge on any atom is 0.271 e. The van der Waals surface area contributed by atoms with Crippen molar-refractivity contribution in [1.82, 2.24) is 8.75 Å². The normalized spacial score (nSPS) is 15.2. The molecule has 3 rings (SSSR count). The highest BCUT2D eigenvalue weighted by molar-refractivity contribution is 6.99. The first-order valence-corrected chi connectivity index (χ1v) is 7.57. The van der Waals surface area contributed by atoms with E-state index in [9.17, 15) is 4.39 Å². The average Bonchev–Trinajstić information content (AvgIpc) is 2.96. The van der Waals surface area contributed by atoms with Crippen molar-refractivity contribution < 1.29 is 13.9 Å². The molecule has 1 saturated heterocycles. The number of rotatable bonds is 4.